The molecule has 0 aliphatic carbocycles. The van der Waals surface area contributed by atoms with Gasteiger partial charge in [0.15, 0.2) is 0 Å². The Labute approximate surface area is 120 Å². The third kappa shape index (κ3) is 3.47. The lowest BCUT2D eigenvalue weighted by molar-refractivity contribution is -0.129. The summed E-state index contributed by atoms with van der Waals surface area (Å²) in [7, 11) is 1.80. The number of hydrogen-bond donors (Lipinski definition) is 0. The minimum atomic E-state index is 0.0438. The number of nitrogens with zero attached hydrogens (tertiary/aromatic N) is 4. The lowest BCUT2D eigenvalue weighted by Gasteiger charge is -2.24. The molecule has 1 heterocycles. The molecule has 0 aliphatic heterocycles. The second-order valence-electron chi connectivity index (χ2n) is 4.81. The molecule has 0 spiro atoms. The molecular formula is C15H22N4O. The molecule has 0 aliphatic rings. The standard InChI is InChI=1S/C15H22N4O/c1-6-19(7-2)14(20)10-18(5)15-13(9-16)11(3)8-12(4)17-15/h8H,6-7,10H2,1-5H3. The van der Waals surface area contributed by atoms with Crippen LogP contribution in [0.2, 0.25) is 0 Å². The maximum atomic E-state index is 12.1. The van der Waals surface area contributed by atoms with Crippen LogP contribution in [0.3, 0.4) is 0 Å². The first kappa shape index (κ1) is 16.0. The van der Waals surface area contributed by atoms with Crippen LogP contribution in [0.4, 0.5) is 5.82 Å². The van der Waals surface area contributed by atoms with Crippen LogP contribution >= 0.6 is 0 Å². The summed E-state index contributed by atoms with van der Waals surface area (Å²) in [5.74, 6) is 0.618. The van der Waals surface area contributed by atoms with Crippen LogP contribution in [0.1, 0.15) is 30.7 Å². The molecule has 1 rings (SSSR count). The maximum absolute atomic E-state index is 12.1. The fourth-order valence-electron chi connectivity index (χ4n) is 2.19. The van der Waals surface area contributed by atoms with Crippen molar-refractivity contribution in [2.45, 2.75) is 27.7 Å². The SMILES string of the molecule is CCN(CC)C(=O)CN(C)c1nc(C)cc(C)c1C#N. The van der Waals surface area contributed by atoms with Crippen molar-refractivity contribution in [3.05, 3.63) is 22.9 Å². The number of pyridine rings is 1. The second kappa shape index (κ2) is 6.90. The Morgan fingerprint density at radius 2 is 1.95 bits per heavy atom. The van der Waals surface area contributed by atoms with Crippen LogP contribution in [-0.4, -0.2) is 42.5 Å². The molecule has 0 bridgehead atoms. The van der Waals surface area contributed by atoms with Crippen molar-refractivity contribution >= 4 is 11.7 Å². The number of hydrogen-bond acceptors (Lipinski definition) is 4. The molecule has 1 aromatic rings. The number of nitriles is 1. The monoisotopic (exact) mass is 274 g/mol. The van der Waals surface area contributed by atoms with Crippen molar-refractivity contribution in [1.29, 1.82) is 5.26 Å². The predicted molar refractivity (Wildman–Crippen MR) is 79.6 cm³/mol. The van der Waals surface area contributed by atoms with Crippen LogP contribution in [-0.2, 0) is 4.79 Å². The van der Waals surface area contributed by atoms with E-state index in [1.165, 1.54) is 0 Å². The molecule has 0 N–H and O–H groups in total. The van der Waals surface area contributed by atoms with Crippen molar-refractivity contribution in [3.63, 3.8) is 0 Å². The number of rotatable bonds is 5. The fraction of sp³-hybridized carbons (Fsp3) is 0.533. The zero-order chi connectivity index (χ0) is 15.3. The summed E-state index contributed by atoms with van der Waals surface area (Å²) in [6.45, 7) is 9.29. The molecule has 5 heteroatoms. The second-order valence-corrected chi connectivity index (χ2v) is 4.81. The van der Waals surface area contributed by atoms with Gasteiger partial charge in [-0.2, -0.15) is 5.26 Å². The highest BCUT2D eigenvalue weighted by Crippen LogP contribution is 2.20. The minimum absolute atomic E-state index is 0.0438. The molecule has 0 radical (unpaired) electrons. The van der Waals surface area contributed by atoms with Gasteiger partial charge in [0.05, 0.1) is 12.1 Å². The summed E-state index contributed by atoms with van der Waals surface area (Å²) in [6.07, 6.45) is 0. The molecule has 0 fully saturated rings. The predicted octanol–water partition coefficient (Wildman–Crippen LogP) is 1.87. The summed E-state index contributed by atoms with van der Waals surface area (Å²) in [5, 5.41) is 9.26. The third-order valence-corrected chi connectivity index (χ3v) is 3.29. The smallest absolute Gasteiger partial charge is 0.242 e. The lowest BCUT2D eigenvalue weighted by atomic mass is 10.1. The summed E-state index contributed by atoms with van der Waals surface area (Å²) in [4.78, 5) is 20.1. The Kier molecular flexibility index (Phi) is 5.51. The number of aryl methyl sites for hydroxylation is 2. The summed E-state index contributed by atoms with van der Waals surface area (Å²) in [5.41, 5.74) is 2.27. The lowest BCUT2D eigenvalue weighted by Crippen LogP contribution is -2.39. The van der Waals surface area contributed by atoms with Gasteiger partial charge in [0, 0.05) is 25.8 Å². The average Bonchev–Trinajstić information content (AvgIpc) is 2.39. The highest BCUT2D eigenvalue weighted by Gasteiger charge is 2.17. The molecule has 108 valence electrons. The Balaban J connectivity index is 3.01. The minimum Gasteiger partial charge on any atom is -0.349 e. The van der Waals surface area contributed by atoms with E-state index in [1.54, 1.807) is 16.8 Å². The van der Waals surface area contributed by atoms with Gasteiger partial charge in [-0.05, 0) is 39.3 Å². The van der Waals surface area contributed by atoms with Gasteiger partial charge in [-0.1, -0.05) is 0 Å². The summed E-state index contributed by atoms with van der Waals surface area (Å²) >= 11 is 0. The Morgan fingerprint density at radius 3 is 2.45 bits per heavy atom. The third-order valence-electron chi connectivity index (χ3n) is 3.29. The molecule has 1 aromatic heterocycles. The van der Waals surface area contributed by atoms with Crippen LogP contribution in [0, 0.1) is 25.2 Å². The molecule has 0 aromatic carbocycles. The molecule has 0 atom stereocenters. The normalized spacial score (nSPS) is 10.0. The molecule has 5 nitrogen and oxygen atoms in total. The van der Waals surface area contributed by atoms with E-state index in [-0.39, 0.29) is 12.5 Å². The van der Waals surface area contributed by atoms with Crippen LogP contribution < -0.4 is 4.90 Å². The quantitative estimate of drug-likeness (QED) is 0.822. The van der Waals surface area contributed by atoms with E-state index in [0.717, 1.165) is 11.3 Å². The Hall–Kier alpha value is -2.09. The van der Waals surface area contributed by atoms with E-state index < -0.39 is 0 Å². The fourth-order valence-corrected chi connectivity index (χ4v) is 2.19. The van der Waals surface area contributed by atoms with Gasteiger partial charge in [-0.15, -0.1) is 0 Å². The molecule has 0 saturated carbocycles. The number of carbonyl (C=O) groups excluding carboxylic acids is 1. The van der Waals surface area contributed by atoms with Crippen molar-refractivity contribution in [1.82, 2.24) is 9.88 Å². The number of aromatic nitrogens is 1. The first-order valence-corrected chi connectivity index (χ1v) is 6.81. The largest absolute Gasteiger partial charge is 0.349 e. The van der Waals surface area contributed by atoms with Gasteiger partial charge < -0.3 is 9.80 Å². The molecule has 0 unspecified atom stereocenters. The molecule has 20 heavy (non-hydrogen) atoms. The first-order valence-electron chi connectivity index (χ1n) is 6.81. The van der Waals surface area contributed by atoms with Gasteiger partial charge in [0.1, 0.15) is 11.9 Å². The van der Waals surface area contributed by atoms with Crippen LogP contribution in [0.25, 0.3) is 0 Å². The number of anilines is 1. The van der Waals surface area contributed by atoms with E-state index in [4.69, 9.17) is 0 Å². The zero-order valence-electron chi connectivity index (χ0n) is 12.9. The zero-order valence-corrected chi connectivity index (χ0v) is 12.9. The van der Waals surface area contributed by atoms with E-state index in [1.807, 2.05) is 33.8 Å². The van der Waals surface area contributed by atoms with Crippen molar-refractivity contribution < 1.29 is 4.79 Å². The van der Waals surface area contributed by atoms with E-state index in [9.17, 15) is 10.1 Å². The van der Waals surface area contributed by atoms with Gasteiger partial charge in [0.2, 0.25) is 5.91 Å². The Morgan fingerprint density at radius 1 is 1.35 bits per heavy atom. The van der Waals surface area contributed by atoms with Gasteiger partial charge in [-0.25, -0.2) is 4.98 Å². The van der Waals surface area contributed by atoms with E-state index in [2.05, 4.69) is 11.1 Å². The van der Waals surface area contributed by atoms with Gasteiger partial charge in [0.25, 0.3) is 0 Å². The highest BCUT2D eigenvalue weighted by molar-refractivity contribution is 5.81. The van der Waals surface area contributed by atoms with Crippen LogP contribution in [0.15, 0.2) is 6.07 Å². The topological polar surface area (TPSA) is 60.2 Å². The number of carbonyl (C=O) groups is 1. The molecular weight excluding hydrogens is 252 g/mol. The van der Waals surface area contributed by atoms with Crippen LogP contribution in [0.5, 0.6) is 0 Å². The van der Waals surface area contributed by atoms with Crippen molar-refractivity contribution in [3.8, 4) is 6.07 Å². The summed E-state index contributed by atoms with van der Waals surface area (Å²) in [6, 6.07) is 4.05. The average molecular weight is 274 g/mol. The van der Waals surface area contributed by atoms with Gasteiger partial charge in [-0.3, -0.25) is 4.79 Å². The van der Waals surface area contributed by atoms with E-state index >= 15 is 0 Å². The summed E-state index contributed by atoms with van der Waals surface area (Å²) < 4.78 is 0. The maximum Gasteiger partial charge on any atom is 0.242 e. The molecule has 1 amide bonds. The number of likely N-dealkylation sites (N-methyl/N-ethyl adjacent to an activating group) is 2. The van der Waals surface area contributed by atoms with Crippen molar-refractivity contribution in [2.24, 2.45) is 0 Å². The first-order chi connectivity index (χ1) is 9.44. The Bertz CT molecular complexity index is 529. The number of amides is 1. The van der Waals surface area contributed by atoms with E-state index in [0.29, 0.717) is 24.5 Å². The highest BCUT2D eigenvalue weighted by atomic mass is 16.2. The van der Waals surface area contributed by atoms with Gasteiger partial charge >= 0.3 is 0 Å². The molecule has 0 saturated heterocycles. The van der Waals surface area contributed by atoms with Crippen molar-refractivity contribution in [2.75, 3.05) is 31.6 Å².